The highest BCUT2D eigenvalue weighted by atomic mass is 35.5. The molecule has 2 saturated heterocycles. The van der Waals surface area contributed by atoms with Gasteiger partial charge in [-0.25, -0.2) is 18.7 Å². The fourth-order valence-corrected chi connectivity index (χ4v) is 5.17. The molecule has 178 valence electrons. The first-order chi connectivity index (χ1) is 16.5. The van der Waals surface area contributed by atoms with Crippen LogP contribution in [-0.2, 0) is 9.53 Å². The van der Waals surface area contributed by atoms with Gasteiger partial charge in [-0.05, 0) is 37.5 Å². The number of anilines is 1. The third-order valence-corrected chi connectivity index (χ3v) is 7.03. The van der Waals surface area contributed by atoms with Crippen molar-refractivity contribution in [1.82, 2.24) is 14.9 Å². The van der Waals surface area contributed by atoms with Crippen LogP contribution in [0.25, 0.3) is 22.0 Å². The first-order valence-electron chi connectivity index (χ1n) is 11.5. The highest BCUT2D eigenvalue weighted by molar-refractivity contribution is 6.34. The molecule has 0 unspecified atom stereocenters. The van der Waals surface area contributed by atoms with Gasteiger partial charge < -0.3 is 14.5 Å². The van der Waals surface area contributed by atoms with Gasteiger partial charge in [-0.3, -0.25) is 4.79 Å². The van der Waals surface area contributed by atoms with E-state index in [1.165, 1.54) is 12.4 Å². The van der Waals surface area contributed by atoms with Crippen LogP contribution in [0.3, 0.4) is 0 Å². The average molecular weight is 487 g/mol. The lowest BCUT2D eigenvalue weighted by Gasteiger charge is -2.38. The molecule has 0 atom stereocenters. The number of ether oxygens (including phenoxy) is 1. The molecule has 6 nitrogen and oxygen atoms in total. The second-order valence-corrected chi connectivity index (χ2v) is 9.18. The van der Waals surface area contributed by atoms with E-state index in [1.807, 2.05) is 9.80 Å². The number of hydrogen-bond donors (Lipinski definition) is 0. The topological polar surface area (TPSA) is 58.6 Å². The van der Waals surface area contributed by atoms with E-state index in [4.69, 9.17) is 16.3 Å². The Morgan fingerprint density at radius 3 is 2.53 bits per heavy atom. The van der Waals surface area contributed by atoms with Crippen LogP contribution in [0, 0.1) is 24.5 Å². The minimum atomic E-state index is -0.673. The molecule has 0 radical (unpaired) electrons. The Morgan fingerprint density at radius 2 is 1.82 bits per heavy atom. The van der Waals surface area contributed by atoms with E-state index in [0.29, 0.717) is 56.2 Å². The van der Waals surface area contributed by atoms with Crippen molar-refractivity contribution in [1.29, 1.82) is 0 Å². The van der Waals surface area contributed by atoms with E-state index in [0.717, 1.165) is 12.8 Å². The van der Waals surface area contributed by atoms with E-state index in [2.05, 4.69) is 9.97 Å². The number of aromatic nitrogens is 2. The van der Waals surface area contributed by atoms with Crippen molar-refractivity contribution in [2.24, 2.45) is 5.92 Å². The summed E-state index contributed by atoms with van der Waals surface area (Å²) in [5.74, 6) is -0.462. The molecule has 34 heavy (non-hydrogen) atoms. The molecular weight excluding hydrogens is 462 g/mol. The van der Waals surface area contributed by atoms with Crippen LogP contribution in [0.1, 0.15) is 18.4 Å². The molecule has 0 aliphatic carbocycles. The van der Waals surface area contributed by atoms with Gasteiger partial charge in [0.05, 0.1) is 5.02 Å². The number of fused-ring (bicyclic) bond motifs is 1. The zero-order valence-electron chi connectivity index (χ0n) is 18.9. The number of piperazine rings is 1. The van der Waals surface area contributed by atoms with Crippen molar-refractivity contribution in [2.75, 3.05) is 44.3 Å². The number of aryl methyl sites for hydroxylation is 1. The van der Waals surface area contributed by atoms with E-state index >= 15 is 4.39 Å². The van der Waals surface area contributed by atoms with Crippen molar-refractivity contribution in [3.05, 3.63) is 52.8 Å². The number of carbonyl (C=O) groups is 1. The molecule has 0 bridgehead atoms. The first-order valence-corrected chi connectivity index (χ1v) is 11.8. The van der Waals surface area contributed by atoms with E-state index in [-0.39, 0.29) is 33.5 Å². The molecule has 0 N–H and O–H groups in total. The summed E-state index contributed by atoms with van der Waals surface area (Å²) in [6, 6.07) is 6.18. The minimum Gasteiger partial charge on any atom is -0.381 e. The molecule has 0 spiro atoms. The smallest absolute Gasteiger partial charge is 0.225 e. The summed E-state index contributed by atoms with van der Waals surface area (Å²) in [5, 5.41) is 0.564. The van der Waals surface area contributed by atoms with Crippen molar-refractivity contribution < 1.29 is 18.3 Å². The minimum absolute atomic E-state index is 0.00120. The Labute approximate surface area is 201 Å². The van der Waals surface area contributed by atoms with Crippen molar-refractivity contribution in [3.63, 3.8) is 0 Å². The van der Waals surface area contributed by atoms with E-state index < -0.39 is 11.6 Å². The van der Waals surface area contributed by atoms with Gasteiger partial charge in [-0.15, -0.1) is 0 Å². The number of carbonyl (C=O) groups excluding carboxylic acids is 1. The molecule has 2 fully saturated rings. The molecular formula is C25H25ClF2N4O2. The Hall–Kier alpha value is -2.84. The zero-order valence-corrected chi connectivity index (χ0v) is 19.6. The fourth-order valence-electron chi connectivity index (χ4n) is 4.89. The van der Waals surface area contributed by atoms with Crippen molar-refractivity contribution >= 4 is 34.2 Å². The molecule has 3 aromatic rings. The zero-order chi connectivity index (χ0) is 23.8. The monoisotopic (exact) mass is 486 g/mol. The van der Waals surface area contributed by atoms with E-state index in [9.17, 15) is 9.18 Å². The molecule has 3 heterocycles. The largest absolute Gasteiger partial charge is 0.381 e. The molecule has 2 aromatic carbocycles. The van der Waals surface area contributed by atoms with Gasteiger partial charge in [-0.2, -0.15) is 0 Å². The third kappa shape index (κ3) is 4.09. The maximum Gasteiger partial charge on any atom is 0.225 e. The first kappa shape index (κ1) is 22.9. The van der Waals surface area contributed by atoms with Gasteiger partial charge in [0.25, 0.3) is 0 Å². The Kier molecular flexibility index (Phi) is 6.36. The maximum absolute atomic E-state index is 15.7. The number of hydrogen-bond acceptors (Lipinski definition) is 5. The summed E-state index contributed by atoms with van der Waals surface area (Å²) < 4.78 is 35.6. The molecule has 0 saturated carbocycles. The number of amides is 1. The molecule has 1 aromatic heterocycles. The van der Waals surface area contributed by atoms with Gasteiger partial charge >= 0.3 is 0 Å². The molecule has 2 aliphatic heterocycles. The molecule has 2 aliphatic rings. The van der Waals surface area contributed by atoms with Crippen LogP contribution in [0.2, 0.25) is 5.02 Å². The van der Waals surface area contributed by atoms with Crippen molar-refractivity contribution in [3.8, 4) is 11.1 Å². The summed E-state index contributed by atoms with van der Waals surface area (Å²) in [4.78, 5) is 25.3. The maximum atomic E-state index is 15.7. The molecule has 1 amide bonds. The van der Waals surface area contributed by atoms with Gasteiger partial charge in [0.1, 0.15) is 23.5 Å². The number of benzene rings is 2. The summed E-state index contributed by atoms with van der Waals surface area (Å²) in [7, 11) is 0. The third-order valence-electron chi connectivity index (χ3n) is 6.73. The Bertz CT molecular complexity index is 1220. The van der Waals surface area contributed by atoms with E-state index in [1.54, 1.807) is 25.1 Å². The highest BCUT2D eigenvalue weighted by Gasteiger charge is 2.30. The average Bonchev–Trinajstić information content (AvgIpc) is 2.86. The van der Waals surface area contributed by atoms with Crippen LogP contribution in [0.4, 0.5) is 14.6 Å². The van der Waals surface area contributed by atoms with Crippen LogP contribution in [0.15, 0.2) is 30.6 Å². The normalized spacial score (nSPS) is 17.4. The SMILES string of the molecule is Cc1cccc(F)c1-c1c(Cl)cc2c(N3CCN(C(=O)C4CCOCC4)CC3)ncnc2c1F. The van der Waals surface area contributed by atoms with Gasteiger partial charge in [0.2, 0.25) is 5.91 Å². The van der Waals surface area contributed by atoms with Crippen LogP contribution in [0.5, 0.6) is 0 Å². The van der Waals surface area contributed by atoms with Gasteiger partial charge in [0.15, 0.2) is 5.82 Å². The Balaban J connectivity index is 1.44. The summed E-state index contributed by atoms with van der Waals surface area (Å²) in [6.07, 6.45) is 2.83. The van der Waals surface area contributed by atoms with Gasteiger partial charge in [0, 0.05) is 61.8 Å². The lowest BCUT2D eigenvalue weighted by Crippen LogP contribution is -2.51. The predicted octanol–water partition coefficient (Wildman–Crippen LogP) is 4.61. The Morgan fingerprint density at radius 1 is 1.09 bits per heavy atom. The van der Waals surface area contributed by atoms with Crippen LogP contribution >= 0.6 is 11.6 Å². The van der Waals surface area contributed by atoms with Gasteiger partial charge in [-0.1, -0.05) is 23.7 Å². The summed E-state index contributed by atoms with van der Waals surface area (Å²) in [5.41, 5.74) is 0.807. The summed E-state index contributed by atoms with van der Waals surface area (Å²) >= 11 is 6.50. The summed E-state index contributed by atoms with van der Waals surface area (Å²) in [6.45, 7) is 5.22. The second-order valence-electron chi connectivity index (χ2n) is 8.77. The number of rotatable bonds is 3. The quantitative estimate of drug-likeness (QED) is 0.541. The lowest BCUT2D eigenvalue weighted by atomic mass is 9.97. The predicted molar refractivity (Wildman–Crippen MR) is 127 cm³/mol. The van der Waals surface area contributed by atoms with Crippen LogP contribution in [-0.4, -0.2) is 60.2 Å². The number of halogens is 3. The molecule has 5 rings (SSSR count). The fraction of sp³-hybridized carbons (Fsp3) is 0.400. The lowest BCUT2D eigenvalue weighted by molar-refractivity contribution is -0.138. The highest BCUT2D eigenvalue weighted by Crippen LogP contribution is 2.40. The number of nitrogens with zero attached hydrogens (tertiary/aromatic N) is 4. The second kappa shape index (κ2) is 9.43. The van der Waals surface area contributed by atoms with Crippen molar-refractivity contribution in [2.45, 2.75) is 19.8 Å². The standard InChI is InChI=1S/C25H25ClF2N4O2/c1-15-3-2-4-19(27)20(15)21-18(26)13-17-23(22(21)28)29-14-30-24(17)31-7-9-32(10-8-31)25(33)16-5-11-34-12-6-16/h2-4,13-14,16H,5-12H2,1H3. The van der Waals surface area contributed by atoms with Crippen LogP contribution < -0.4 is 4.90 Å². The molecule has 9 heteroatoms.